The van der Waals surface area contributed by atoms with Gasteiger partial charge in [0.15, 0.2) is 0 Å². The highest BCUT2D eigenvalue weighted by Gasteiger charge is 2.18. The number of hydrogen-bond donors (Lipinski definition) is 1. The van der Waals surface area contributed by atoms with Gasteiger partial charge in [-0.1, -0.05) is 6.07 Å². The summed E-state index contributed by atoms with van der Waals surface area (Å²) in [5.74, 6) is -1.34. The molecule has 25 heavy (non-hydrogen) atoms. The van der Waals surface area contributed by atoms with Crippen molar-refractivity contribution in [1.29, 1.82) is 5.26 Å². The maximum Gasteiger partial charge on any atom is 0.269 e. The maximum absolute atomic E-state index is 14.2. The summed E-state index contributed by atoms with van der Waals surface area (Å²) in [6, 6.07) is 10.1. The molecule has 0 saturated carbocycles. The highest BCUT2D eigenvalue weighted by Crippen LogP contribution is 2.19. The van der Waals surface area contributed by atoms with E-state index in [4.69, 9.17) is 11.0 Å². The molecule has 5 nitrogen and oxygen atoms in total. The Morgan fingerprint density at radius 1 is 1.20 bits per heavy atom. The lowest BCUT2D eigenvalue weighted by Crippen LogP contribution is -2.25. The highest BCUT2D eigenvalue weighted by atomic mass is 19.1. The van der Waals surface area contributed by atoms with Gasteiger partial charge in [0.2, 0.25) is 0 Å². The minimum atomic E-state index is -0.843. The average Bonchev–Trinajstić information content (AvgIpc) is 2.62. The molecule has 0 atom stereocenters. The molecule has 1 aromatic heterocycles. The molecule has 1 heterocycles. The summed E-state index contributed by atoms with van der Waals surface area (Å²) in [5.41, 5.74) is 5.21. The van der Waals surface area contributed by atoms with E-state index in [-0.39, 0.29) is 11.3 Å². The van der Waals surface area contributed by atoms with Gasteiger partial charge in [0.25, 0.3) is 5.56 Å². The monoisotopic (exact) mass is 340 g/mol. The van der Waals surface area contributed by atoms with E-state index in [1.165, 1.54) is 10.6 Å². The first kappa shape index (κ1) is 16.7. The first-order valence-electron chi connectivity index (χ1n) is 7.67. The van der Waals surface area contributed by atoms with E-state index < -0.39 is 22.6 Å². The molecule has 0 unspecified atom stereocenters. The number of hydrogen-bond acceptors (Lipinski definition) is 4. The van der Waals surface area contributed by atoms with Crippen molar-refractivity contribution in [3.8, 4) is 11.8 Å². The Labute approximate surface area is 142 Å². The average molecular weight is 340 g/mol. The fraction of sp³-hybridized carbons (Fsp3) is 0.167. The Balaban J connectivity index is 2.39. The van der Waals surface area contributed by atoms with Gasteiger partial charge in [-0.15, -0.1) is 0 Å². The molecular formula is C18H14F2N4O. The van der Waals surface area contributed by atoms with Crippen LogP contribution in [0.25, 0.3) is 16.6 Å². The number of nitriles is 1. The molecule has 0 aliphatic rings. The third kappa shape index (κ3) is 2.99. The molecule has 126 valence electrons. The number of aryl methyl sites for hydroxylation is 1. The minimum Gasteiger partial charge on any atom is -0.330 e. The third-order valence-electron chi connectivity index (χ3n) is 3.83. The molecule has 2 N–H and O–H groups in total. The van der Waals surface area contributed by atoms with E-state index in [1.54, 1.807) is 18.2 Å². The number of halogens is 2. The molecule has 0 amide bonds. The number of nitrogens with zero attached hydrogens (tertiary/aromatic N) is 3. The van der Waals surface area contributed by atoms with E-state index in [2.05, 4.69) is 4.98 Å². The first-order chi connectivity index (χ1) is 12.1. The fourth-order valence-corrected chi connectivity index (χ4v) is 2.67. The summed E-state index contributed by atoms with van der Waals surface area (Å²) < 4.78 is 29.4. The van der Waals surface area contributed by atoms with Crippen LogP contribution in [-0.2, 0) is 6.42 Å². The summed E-state index contributed by atoms with van der Waals surface area (Å²) in [6.45, 7) is 0.359. The van der Waals surface area contributed by atoms with E-state index >= 15 is 0 Å². The maximum atomic E-state index is 14.2. The number of rotatable bonds is 4. The standard InChI is InChI=1S/C18H14F2N4O/c19-13-6-7-14(20)17-16(13)18(25)24(15(23-17)5-2-8-21)12-4-1-3-11(9-12)10-22/h1,3-4,6-7,9H,2,5,8,21H2. The van der Waals surface area contributed by atoms with Crippen molar-refractivity contribution in [2.24, 2.45) is 5.73 Å². The first-order valence-corrected chi connectivity index (χ1v) is 7.67. The zero-order chi connectivity index (χ0) is 18.0. The molecule has 0 aliphatic heterocycles. The quantitative estimate of drug-likeness (QED) is 0.790. The number of fused-ring (bicyclic) bond motifs is 1. The number of nitrogens with two attached hydrogens (primary N) is 1. The zero-order valence-electron chi connectivity index (χ0n) is 13.2. The van der Waals surface area contributed by atoms with Crippen LogP contribution < -0.4 is 11.3 Å². The molecule has 3 aromatic rings. The second kappa shape index (κ2) is 6.79. The lowest BCUT2D eigenvalue weighted by molar-refractivity contribution is 0.610. The highest BCUT2D eigenvalue weighted by molar-refractivity contribution is 5.79. The van der Waals surface area contributed by atoms with Gasteiger partial charge in [-0.05, 0) is 43.3 Å². The van der Waals surface area contributed by atoms with Gasteiger partial charge >= 0.3 is 0 Å². The largest absolute Gasteiger partial charge is 0.330 e. The molecular weight excluding hydrogens is 326 g/mol. The Morgan fingerprint density at radius 3 is 2.68 bits per heavy atom. The topological polar surface area (TPSA) is 84.7 Å². The van der Waals surface area contributed by atoms with Gasteiger partial charge in [0, 0.05) is 6.42 Å². The summed E-state index contributed by atoms with van der Waals surface area (Å²) in [5, 5.41) is 8.64. The van der Waals surface area contributed by atoms with Crippen LogP contribution in [0.5, 0.6) is 0 Å². The summed E-state index contributed by atoms with van der Waals surface area (Å²) in [6.07, 6.45) is 0.835. The molecule has 7 heteroatoms. The van der Waals surface area contributed by atoms with Crippen molar-refractivity contribution in [2.75, 3.05) is 6.54 Å². The molecule has 0 radical (unpaired) electrons. The zero-order valence-corrected chi connectivity index (χ0v) is 13.2. The van der Waals surface area contributed by atoms with Gasteiger partial charge in [0.05, 0.1) is 17.3 Å². The van der Waals surface area contributed by atoms with Gasteiger partial charge < -0.3 is 5.73 Å². The number of benzene rings is 2. The van der Waals surface area contributed by atoms with E-state index in [0.717, 1.165) is 12.1 Å². The lowest BCUT2D eigenvalue weighted by atomic mass is 10.1. The Bertz CT molecular complexity index is 1050. The van der Waals surface area contributed by atoms with Crippen LogP contribution in [0.3, 0.4) is 0 Å². The molecule has 2 aromatic carbocycles. The molecule has 0 bridgehead atoms. The SMILES string of the molecule is N#Cc1cccc(-n2c(CCCN)nc3c(F)ccc(F)c3c2=O)c1. The summed E-state index contributed by atoms with van der Waals surface area (Å²) in [4.78, 5) is 17.1. The van der Waals surface area contributed by atoms with E-state index in [9.17, 15) is 13.6 Å². The van der Waals surface area contributed by atoms with E-state index in [1.807, 2.05) is 6.07 Å². The fourth-order valence-electron chi connectivity index (χ4n) is 2.67. The predicted octanol–water partition coefficient (Wildman–Crippen LogP) is 2.43. The van der Waals surface area contributed by atoms with Crippen LogP contribution in [0.15, 0.2) is 41.2 Å². The summed E-state index contributed by atoms with van der Waals surface area (Å²) >= 11 is 0. The van der Waals surface area contributed by atoms with Crippen LogP contribution in [0.4, 0.5) is 8.78 Å². The Morgan fingerprint density at radius 2 is 1.96 bits per heavy atom. The van der Waals surface area contributed by atoms with Gasteiger partial charge in [-0.25, -0.2) is 13.8 Å². The summed E-state index contributed by atoms with van der Waals surface area (Å²) in [7, 11) is 0. The van der Waals surface area contributed by atoms with Crippen LogP contribution in [-0.4, -0.2) is 16.1 Å². The third-order valence-corrected chi connectivity index (χ3v) is 3.83. The van der Waals surface area contributed by atoms with Gasteiger partial charge in [0.1, 0.15) is 28.4 Å². The molecule has 0 aliphatic carbocycles. The normalized spacial score (nSPS) is 10.8. The van der Waals surface area contributed by atoms with Crippen molar-refractivity contribution in [2.45, 2.75) is 12.8 Å². The minimum absolute atomic E-state index is 0.266. The smallest absolute Gasteiger partial charge is 0.269 e. The van der Waals surface area contributed by atoms with Crippen molar-refractivity contribution in [1.82, 2.24) is 9.55 Å². The second-order valence-electron chi connectivity index (χ2n) is 5.48. The van der Waals surface area contributed by atoms with Crippen LogP contribution in [0.1, 0.15) is 17.8 Å². The predicted molar refractivity (Wildman–Crippen MR) is 89.3 cm³/mol. The molecule has 0 saturated heterocycles. The van der Waals surface area contributed by atoms with Crippen molar-refractivity contribution < 1.29 is 8.78 Å². The van der Waals surface area contributed by atoms with Crippen molar-refractivity contribution in [3.05, 3.63) is 69.8 Å². The molecule has 0 fully saturated rings. The van der Waals surface area contributed by atoms with Crippen LogP contribution >= 0.6 is 0 Å². The Kier molecular flexibility index (Phi) is 4.55. The molecule has 3 rings (SSSR count). The second-order valence-corrected chi connectivity index (χ2v) is 5.48. The Hall–Kier alpha value is -3.11. The lowest BCUT2D eigenvalue weighted by Gasteiger charge is -2.14. The molecule has 0 spiro atoms. The van der Waals surface area contributed by atoms with Crippen molar-refractivity contribution in [3.63, 3.8) is 0 Å². The van der Waals surface area contributed by atoms with Crippen molar-refractivity contribution >= 4 is 10.9 Å². The number of aromatic nitrogens is 2. The van der Waals surface area contributed by atoms with E-state index in [0.29, 0.717) is 30.6 Å². The van der Waals surface area contributed by atoms with Gasteiger partial charge in [-0.2, -0.15) is 5.26 Å². The van der Waals surface area contributed by atoms with Crippen LogP contribution in [0, 0.1) is 23.0 Å². The van der Waals surface area contributed by atoms with Gasteiger partial charge in [-0.3, -0.25) is 9.36 Å². The van der Waals surface area contributed by atoms with Crippen LogP contribution in [0.2, 0.25) is 0 Å².